The fourth-order valence-electron chi connectivity index (χ4n) is 1.65. The van der Waals surface area contributed by atoms with Crippen molar-refractivity contribution in [2.75, 3.05) is 12.3 Å². The topological polar surface area (TPSA) is 48.1 Å². The molecule has 1 heterocycles. The van der Waals surface area contributed by atoms with E-state index in [1.165, 1.54) is 5.56 Å². The summed E-state index contributed by atoms with van der Waals surface area (Å²) in [6, 6.07) is 5.93. The van der Waals surface area contributed by atoms with Gasteiger partial charge in [-0.05, 0) is 31.5 Å². The molecule has 0 radical (unpaired) electrons. The Hall–Kier alpha value is -1.55. The first-order valence-electron chi connectivity index (χ1n) is 5.61. The Balaban J connectivity index is 2.14. The van der Waals surface area contributed by atoms with Crippen molar-refractivity contribution in [1.29, 1.82) is 0 Å². The molecule has 2 N–H and O–H groups in total. The summed E-state index contributed by atoms with van der Waals surface area (Å²) in [5.41, 5.74) is 8.86. The van der Waals surface area contributed by atoms with E-state index in [9.17, 15) is 0 Å². The van der Waals surface area contributed by atoms with Gasteiger partial charge in [0, 0.05) is 17.5 Å². The first-order valence-corrected chi connectivity index (χ1v) is 6.49. The molecule has 3 nitrogen and oxygen atoms in total. The Kier molecular flexibility index (Phi) is 3.64. The van der Waals surface area contributed by atoms with Gasteiger partial charge in [-0.2, -0.15) is 0 Å². The number of anilines is 1. The van der Waals surface area contributed by atoms with Gasteiger partial charge >= 0.3 is 0 Å². The third-order valence-electron chi connectivity index (χ3n) is 2.40. The first-order chi connectivity index (χ1) is 8.19. The summed E-state index contributed by atoms with van der Waals surface area (Å²) in [4.78, 5) is 4.44. The third-order valence-corrected chi connectivity index (χ3v) is 3.36. The number of nitrogens with two attached hydrogens (primary N) is 1. The highest BCUT2D eigenvalue weighted by Gasteiger charge is 2.04. The predicted octanol–water partition coefficient (Wildman–Crippen LogP) is 3.02. The summed E-state index contributed by atoms with van der Waals surface area (Å²) in [7, 11) is 0. The van der Waals surface area contributed by atoms with Crippen LogP contribution in [0.5, 0.6) is 5.75 Å². The SMILES string of the molecule is CCOc1ccc(Cc2nc(C)cs2)cc1N. The number of aromatic nitrogens is 1. The highest BCUT2D eigenvalue weighted by molar-refractivity contribution is 7.09. The van der Waals surface area contributed by atoms with E-state index in [1.807, 2.05) is 32.0 Å². The average Bonchev–Trinajstić information content (AvgIpc) is 2.68. The van der Waals surface area contributed by atoms with Gasteiger partial charge in [-0.3, -0.25) is 0 Å². The van der Waals surface area contributed by atoms with Crippen LogP contribution in [0.2, 0.25) is 0 Å². The number of aryl methyl sites for hydroxylation is 1. The van der Waals surface area contributed by atoms with Gasteiger partial charge in [0.05, 0.1) is 17.3 Å². The third kappa shape index (κ3) is 2.97. The molecule has 4 heteroatoms. The lowest BCUT2D eigenvalue weighted by Gasteiger charge is -2.08. The fraction of sp³-hybridized carbons (Fsp3) is 0.308. The maximum absolute atomic E-state index is 5.92. The van der Waals surface area contributed by atoms with E-state index in [0.29, 0.717) is 12.3 Å². The number of hydrogen-bond donors (Lipinski definition) is 1. The van der Waals surface area contributed by atoms with Crippen LogP contribution in [0.15, 0.2) is 23.6 Å². The molecule has 0 saturated heterocycles. The van der Waals surface area contributed by atoms with Gasteiger partial charge in [0.25, 0.3) is 0 Å². The molecule has 0 unspecified atom stereocenters. The second-order valence-electron chi connectivity index (χ2n) is 3.86. The van der Waals surface area contributed by atoms with Crippen molar-refractivity contribution < 1.29 is 4.74 Å². The second kappa shape index (κ2) is 5.19. The minimum Gasteiger partial charge on any atom is -0.492 e. The van der Waals surface area contributed by atoms with E-state index in [4.69, 9.17) is 10.5 Å². The molecular weight excluding hydrogens is 232 g/mol. The Morgan fingerprint density at radius 1 is 1.41 bits per heavy atom. The highest BCUT2D eigenvalue weighted by Crippen LogP contribution is 2.24. The van der Waals surface area contributed by atoms with Crippen LogP contribution in [0.1, 0.15) is 23.2 Å². The molecule has 0 saturated carbocycles. The summed E-state index contributed by atoms with van der Waals surface area (Å²) in [5, 5.41) is 3.18. The molecular formula is C13H16N2OS. The lowest BCUT2D eigenvalue weighted by Crippen LogP contribution is -1.98. The minimum atomic E-state index is 0.634. The molecule has 90 valence electrons. The number of thiazole rings is 1. The molecule has 1 aromatic heterocycles. The Morgan fingerprint density at radius 2 is 2.24 bits per heavy atom. The van der Waals surface area contributed by atoms with Crippen LogP contribution in [0.3, 0.4) is 0 Å². The number of nitrogen functional groups attached to an aromatic ring is 1. The van der Waals surface area contributed by atoms with Crippen molar-refractivity contribution in [3.63, 3.8) is 0 Å². The Morgan fingerprint density at radius 3 is 2.82 bits per heavy atom. The molecule has 0 aliphatic heterocycles. The number of nitrogens with zero attached hydrogens (tertiary/aromatic N) is 1. The average molecular weight is 248 g/mol. The molecule has 17 heavy (non-hydrogen) atoms. The molecule has 0 spiro atoms. The van der Waals surface area contributed by atoms with E-state index in [2.05, 4.69) is 10.4 Å². The monoisotopic (exact) mass is 248 g/mol. The highest BCUT2D eigenvalue weighted by atomic mass is 32.1. The van der Waals surface area contributed by atoms with Gasteiger partial charge in [-0.25, -0.2) is 4.98 Å². The van der Waals surface area contributed by atoms with Crippen molar-refractivity contribution in [1.82, 2.24) is 4.98 Å². The summed E-state index contributed by atoms with van der Waals surface area (Å²) >= 11 is 1.68. The summed E-state index contributed by atoms with van der Waals surface area (Å²) < 4.78 is 5.41. The van der Waals surface area contributed by atoms with Gasteiger partial charge in [-0.1, -0.05) is 6.07 Å². The predicted molar refractivity (Wildman–Crippen MR) is 71.7 cm³/mol. The summed E-state index contributed by atoms with van der Waals surface area (Å²) in [5.74, 6) is 0.756. The molecule has 0 bridgehead atoms. The molecule has 0 atom stereocenters. The van der Waals surface area contributed by atoms with E-state index in [-0.39, 0.29) is 0 Å². The van der Waals surface area contributed by atoms with Crippen LogP contribution in [0, 0.1) is 6.92 Å². The molecule has 0 amide bonds. The fourth-order valence-corrected chi connectivity index (χ4v) is 2.46. The zero-order valence-corrected chi connectivity index (χ0v) is 10.9. The van der Waals surface area contributed by atoms with Gasteiger partial charge in [0.15, 0.2) is 0 Å². The first kappa shape index (κ1) is 11.9. The van der Waals surface area contributed by atoms with Crippen LogP contribution < -0.4 is 10.5 Å². The maximum Gasteiger partial charge on any atom is 0.142 e. The standard InChI is InChI=1S/C13H16N2OS/c1-3-16-12-5-4-10(6-11(12)14)7-13-15-9(2)8-17-13/h4-6,8H,3,7,14H2,1-2H3. The molecule has 1 aromatic carbocycles. The lowest BCUT2D eigenvalue weighted by molar-refractivity contribution is 0.342. The molecule has 2 rings (SSSR count). The van der Waals surface area contributed by atoms with Crippen molar-refractivity contribution in [3.8, 4) is 5.75 Å². The van der Waals surface area contributed by atoms with Crippen LogP contribution in [-0.2, 0) is 6.42 Å². The number of rotatable bonds is 4. The Labute approximate surface area is 105 Å². The van der Waals surface area contributed by atoms with Crippen molar-refractivity contribution in [3.05, 3.63) is 39.8 Å². The van der Waals surface area contributed by atoms with Crippen molar-refractivity contribution in [2.45, 2.75) is 20.3 Å². The quantitative estimate of drug-likeness (QED) is 0.846. The normalized spacial score (nSPS) is 10.5. The second-order valence-corrected chi connectivity index (χ2v) is 4.81. The zero-order valence-electron chi connectivity index (χ0n) is 10.1. The number of benzene rings is 1. The van der Waals surface area contributed by atoms with E-state index in [1.54, 1.807) is 11.3 Å². The lowest BCUT2D eigenvalue weighted by atomic mass is 10.1. The molecule has 0 fully saturated rings. The van der Waals surface area contributed by atoms with Crippen molar-refractivity contribution in [2.24, 2.45) is 0 Å². The Bertz CT molecular complexity index is 508. The van der Waals surface area contributed by atoms with E-state index in [0.717, 1.165) is 22.9 Å². The van der Waals surface area contributed by atoms with E-state index >= 15 is 0 Å². The van der Waals surface area contributed by atoms with E-state index < -0.39 is 0 Å². The van der Waals surface area contributed by atoms with Crippen LogP contribution in [-0.4, -0.2) is 11.6 Å². The summed E-state index contributed by atoms with van der Waals surface area (Å²) in [6.07, 6.45) is 0.828. The largest absolute Gasteiger partial charge is 0.492 e. The maximum atomic E-state index is 5.92. The smallest absolute Gasteiger partial charge is 0.142 e. The zero-order chi connectivity index (χ0) is 12.3. The van der Waals surface area contributed by atoms with Crippen LogP contribution in [0.4, 0.5) is 5.69 Å². The van der Waals surface area contributed by atoms with Crippen molar-refractivity contribution >= 4 is 17.0 Å². The molecule has 2 aromatic rings. The van der Waals surface area contributed by atoms with Gasteiger partial charge in [-0.15, -0.1) is 11.3 Å². The number of ether oxygens (including phenoxy) is 1. The molecule has 0 aliphatic rings. The minimum absolute atomic E-state index is 0.634. The van der Waals surface area contributed by atoms with Gasteiger partial charge in [0.2, 0.25) is 0 Å². The number of hydrogen-bond acceptors (Lipinski definition) is 4. The van der Waals surface area contributed by atoms with Crippen LogP contribution >= 0.6 is 11.3 Å². The van der Waals surface area contributed by atoms with Crippen LogP contribution in [0.25, 0.3) is 0 Å². The summed E-state index contributed by atoms with van der Waals surface area (Å²) in [6.45, 7) is 4.59. The van der Waals surface area contributed by atoms with Gasteiger partial charge < -0.3 is 10.5 Å². The van der Waals surface area contributed by atoms with Gasteiger partial charge in [0.1, 0.15) is 5.75 Å². The molecule has 0 aliphatic carbocycles.